The molecule has 0 unspecified atom stereocenters. The van der Waals surface area contributed by atoms with E-state index in [4.69, 9.17) is 4.74 Å². The Hall–Kier alpha value is -0.960. The summed E-state index contributed by atoms with van der Waals surface area (Å²) in [6, 6.07) is 8.29. The Morgan fingerprint density at radius 3 is 2.31 bits per heavy atom. The molecule has 0 heterocycles. The second-order valence-corrected chi connectivity index (χ2v) is 5.80. The van der Waals surface area contributed by atoms with Crippen molar-refractivity contribution in [2.45, 2.75) is 36.8 Å². The summed E-state index contributed by atoms with van der Waals surface area (Å²) in [7, 11) is 1.42. The summed E-state index contributed by atoms with van der Waals surface area (Å²) >= 11 is 1.52. The van der Waals surface area contributed by atoms with E-state index in [2.05, 4.69) is 19.1 Å². The smallest absolute Gasteiger partial charge is 0.321 e. The van der Waals surface area contributed by atoms with E-state index >= 15 is 0 Å². The third-order valence-electron chi connectivity index (χ3n) is 2.38. The molecule has 0 spiro atoms. The third kappa shape index (κ3) is 3.27. The Bertz CT molecular complexity index is 355. The van der Waals surface area contributed by atoms with Crippen LogP contribution in [0.15, 0.2) is 29.2 Å². The van der Waals surface area contributed by atoms with Gasteiger partial charge in [0.2, 0.25) is 0 Å². The van der Waals surface area contributed by atoms with E-state index in [1.54, 1.807) is 0 Å². The molecule has 0 aromatic heterocycles. The number of hydrogen-bond acceptors (Lipinski definition) is 3. The summed E-state index contributed by atoms with van der Waals surface area (Å²) in [6.45, 7) is 5.87. The van der Waals surface area contributed by atoms with Crippen molar-refractivity contribution in [2.24, 2.45) is 0 Å². The number of esters is 1. The zero-order valence-corrected chi connectivity index (χ0v) is 11.1. The molecule has 0 fully saturated rings. The van der Waals surface area contributed by atoms with Crippen molar-refractivity contribution in [3.05, 3.63) is 29.8 Å². The molecular formula is C13H18O2S. The summed E-state index contributed by atoms with van der Waals surface area (Å²) < 4.78 is 4.23. The van der Waals surface area contributed by atoms with Gasteiger partial charge in [-0.25, -0.2) is 0 Å². The molecule has 1 aromatic carbocycles. The maximum atomic E-state index is 11.5. The van der Waals surface area contributed by atoms with E-state index in [1.165, 1.54) is 24.4 Å². The lowest BCUT2D eigenvalue weighted by atomic mass is 10.2. The van der Waals surface area contributed by atoms with Crippen molar-refractivity contribution in [1.29, 1.82) is 0 Å². The van der Waals surface area contributed by atoms with E-state index < -0.39 is 4.75 Å². The minimum atomic E-state index is -0.539. The van der Waals surface area contributed by atoms with Crippen molar-refractivity contribution in [2.75, 3.05) is 7.11 Å². The molecule has 0 aliphatic rings. The number of aryl methyl sites for hydroxylation is 1. The number of carbonyl (C=O) groups is 1. The summed E-state index contributed by atoms with van der Waals surface area (Å²) in [6.07, 6.45) is 1.03. The van der Waals surface area contributed by atoms with Crippen LogP contribution in [-0.4, -0.2) is 17.8 Å². The predicted octanol–water partition coefficient (Wildman–Crippen LogP) is 3.29. The maximum absolute atomic E-state index is 11.5. The molecule has 1 rings (SSSR count). The van der Waals surface area contributed by atoms with Gasteiger partial charge in [-0.1, -0.05) is 19.1 Å². The molecule has 0 N–H and O–H groups in total. The summed E-state index contributed by atoms with van der Waals surface area (Å²) in [5.41, 5.74) is 1.31. The number of carbonyl (C=O) groups excluding carboxylic acids is 1. The Labute approximate surface area is 101 Å². The van der Waals surface area contributed by atoms with E-state index in [9.17, 15) is 4.79 Å². The topological polar surface area (TPSA) is 26.3 Å². The molecule has 3 heteroatoms. The average Bonchev–Trinajstić information content (AvgIpc) is 2.28. The lowest BCUT2D eigenvalue weighted by molar-refractivity contribution is -0.142. The number of rotatable bonds is 4. The fourth-order valence-electron chi connectivity index (χ4n) is 1.38. The van der Waals surface area contributed by atoms with Crippen molar-refractivity contribution < 1.29 is 9.53 Å². The normalized spacial score (nSPS) is 11.2. The van der Waals surface area contributed by atoms with Gasteiger partial charge in [-0.3, -0.25) is 4.79 Å². The highest BCUT2D eigenvalue weighted by Gasteiger charge is 2.29. The summed E-state index contributed by atoms with van der Waals surface area (Å²) in [4.78, 5) is 12.6. The molecule has 0 aliphatic carbocycles. The van der Waals surface area contributed by atoms with Crippen LogP contribution >= 0.6 is 11.8 Å². The van der Waals surface area contributed by atoms with Gasteiger partial charge in [-0.2, -0.15) is 0 Å². The number of hydrogen-bond donors (Lipinski definition) is 0. The molecule has 2 nitrogen and oxygen atoms in total. The molecule has 88 valence electrons. The largest absolute Gasteiger partial charge is 0.468 e. The number of benzene rings is 1. The molecule has 0 radical (unpaired) electrons. The molecule has 0 saturated heterocycles. The van der Waals surface area contributed by atoms with Crippen LogP contribution in [0.4, 0.5) is 0 Å². The minimum absolute atomic E-state index is 0.197. The number of thioether (sulfide) groups is 1. The first-order chi connectivity index (χ1) is 7.49. The standard InChI is InChI=1S/C13H18O2S/c1-5-10-6-8-11(9-7-10)16-13(2,3)12(14)15-4/h6-9H,5H2,1-4H3. The monoisotopic (exact) mass is 238 g/mol. The van der Waals surface area contributed by atoms with Crippen LogP contribution in [0, 0.1) is 0 Å². The zero-order valence-electron chi connectivity index (χ0n) is 10.2. The van der Waals surface area contributed by atoms with Crippen molar-refractivity contribution in [3.8, 4) is 0 Å². The second-order valence-electron chi connectivity index (χ2n) is 4.10. The molecular weight excluding hydrogens is 220 g/mol. The molecule has 0 aliphatic heterocycles. The Morgan fingerprint density at radius 1 is 1.31 bits per heavy atom. The average molecular weight is 238 g/mol. The van der Waals surface area contributed by atoms with Crippen LogP contribution in [0.5, 0.6) is 0 Å². The molecule has 0 bridgehead atoms. The second kappa shape index (κ2) is 5.39. The Balaban J connectivity index is 2.76. The van der Waals surface area contributed by atoms with E-state index in [1.807, 2.05) is 26.0 Å². The van der Waals surface area contributed by atoms with Crippen molar-refractivity contribution >= 4 is 17.7 Å². The van der Waals surface area contributed by atoms with Gasteiger partial charge in [0, 0.05) is 4.90 Å². The van der Waals surface area contributed by atoms with Gasteiger partial charge in [-0.05, 0) is 38.0 Å². The van der Waals surface area contributed by atoms with Gasteiger partial charge < -0.3 is 4.74 Å². The van der Waals surface area contributed by atoms with Gasteiger partial charge >= 0.3 is 5.97 Å². The number of ether oxygens (including phenoxy) is 1. The van der Waals surface area contributed by atoms with Gasteiger partial charge in [0.1, 0.15) is 4.75 Å². The molecule has 0 saturated carbocycles. The SMILES string of the molecule is CCc1ccc(SC(C)(C)C(=O)OC)cc1. The van der Waals surface area contributed by atoms with Crippen LogP contribution in [0.3, 0.4) is 0 Å². The summed E-state index contributed by atoms with van der Waals surface area (Å²) in [5, 5.41) is 0. The molecule has 16 heavy (non-hydrogen) atoms. The van der Waals surface area contributed by atoms with Gasteiger partial charge in [0.05, 0.1) is 7.11 Å². The van der Waals surface area contributed by atoms with Gasteiger partial charge in [0.25, 0.3) is 0 Å². The van der Waals surface area contributed by atoms with Crippen LogP contribution in [0.2, 0.25) is 0 Å². The molecule has 0 atom stereocenters. The number of methoxy groups -OCH3 is 1. The molecule has 0 amide bonds. The van der Waals surface area contributed by atoms with Crippen molar-refractivity contribution in [3.63, 3.8) is 0 Å². The fourth-order valence-corrected chi connectivity index (χ4v) is 2.40. The first-order valence-electron chi connectivity index (χ1n) is 5.36. The Morgan fingerprint density at radius 2 is 1.88 bits per heavy atom. The van der Waals surface area contributed by atoms with Gasteiger partial charge in [-0.15, -0.1) is 11.8 Å². The minimum Gasteiger partial charge on any atom is -0.468 e. The maximum Gasteiger partial charge on any atom is 0.321 e. The van der Waals surface area contributed by atoms with Crippen LogP contribution in [0.1, 0.15) is 26.3 Å². The highest BCUT2D eigenvalue weighted by molar-refractivity contribution is 8.01. The predicted molar refractivity (Wildman–Crippen MR) is 67.8 cm³/mol. The van der Waals surface area contributed by atoms with E-state index in [0.717, 1.165) is 11.3 Å². The third-order valence-corrected chi connectivity index (χ3v) is 3.57. The summed E-state index contributed by atoms with van der Waals surface area (Å²) in [5.74, 6) is -0.197. The quantitative estimate of drug-likeness (QED) is 0.594. The zero-order chi connectivity index (χ0) is 12.2. The van der Waals surface area contributed by atoms with Crippen molar-refractivity contribution in [1.82, 2.24) is 0 Å². The fraction of sp³-hybridized carbons (Fsp3) is 0.462. The Kier molecular flexibility index (Phi) is 4.42. The lowest BCUT2D eigenvalue weighted by Crippen LogP contribution is -2.28. The first-order valence-corrected chi connectivity index (χ1v) is 6.17. The van der Waals surface area contributed by atoms with Crippen LogP contribution < -0.4 is 0 Å². The highest BCUT2D eigenvalue weighted by Crippen LogP contribution is 2.33. The molecule has 1 aromatic rings. The van der Waals surface area contributed by atoms with Crippen LogP contribution in [-0.2, 0) is 16.0 Å². The van der Waals surface area contributed by atoms with Crippen LogP contribution in [0.25, 0.3) is 0 Å². The first kappa shape index (κ1) is 13.1. The van der Waals surface area contributed by atoms with E-state index in [0.29, 0.717) is 0 Å². The van der Waals surface area contributed by atoms with E-state index in [-0.39, 0.29) is 5.97 Å². The lowest BCUT2D eigenvalue weighted by Gasteiger charge is -2.20. The van der Waals surface area contributed by atoms with Gasteiger partial charge in [0.15, 0.2) is 0 Å². The highest BCUT2D eigenvalue weighted by atomic mass is 32.2.